The van der Waals surface area contributed by atoms with Crippen LogP contribution in [0.1, 0.15) is 33.6 Å². The van der Waals surface area contributed by atoms with Gasteiger partial charge in [0.2, 0.25) is 11.7 Å². The smallest absolute Gasteiger partial charge is 0.437 e. The van der Waals surface area contributed by atoms with E-state index in [1.54, 1.807) is 6.07 Å². The second-order valence-corrected chi connectivity index (χ2v) is 5.52. The normalized spacial score (nSPS) is 11.7. The van der Waals surface area contributed by atoms with Crippen molar-refractivity contribution in [1.29, 1.82) is 0 Å². The summed E-state index contributed by atoms with van der Waals surface area (Å²) < 4.78 is 48.4. The number of carbonyl (C=O) groups is 1. The topological polar surface area (TPSA) is 52.3 Å². The number of carbonyl (C=O) groups excluding carboxylic acids is 1. The molecule has 0 amide bonds. The Morgan fingerprint density at radius 3 is 2.57 bits per heavy atom. The number of esters is 1. The summed E-state index contributed by atoms with van der Waals surface area (Å²) in [4.78, 5) is 16.4. The molecule has 0 atom stereocenters. The van der Waals surface area contributed by atoms with E-state index in [1.165, 1.54) is 18.3 Å². The fourth-order valence-electron chi connectivity index (χ4n) is 1.63. The highest BCUT2D eigenvalue weighted by Gasteiger charge is 2.42. The Labute approximate surface area is 122 Å². The molecule has 0 fully saturated rings. The number of aromatic nitrogens is 1. The van der Waals surface area contributed by atoms with Crippen molar-refractivity contribution in [2.75, 3.05) is 6.61 Å². The third-order valence-electron chi connectivity index (χ3n) is 2.73. The van der Waals surface area contributed by atoms with E-state index in [9.17, 15) is 18.0 Å². The molecule has 8 heteroatoms. The van der Waals surface area contributed by atoms with Crippen LogP contribution in [0.2, 0.25) is 0 Å². The number of thiophene rings is 1. The zero-order valence-corrected chi connectivity index (χ0v) is 12.3. The van der Waals surface area contributed by atoms with E-state index in [-0.39, 0.29) is 12.5 Å². The van der Waals surface area contributed by atoms with Crippen molar-refractivity contribution < 1.29 is 27.1 Å². The monoisotopic (exact) mass is 319 g/mol. The zero-order valence-electron chi connectivity index (χ0n) is 11.5. The molecule has 0 aliphatic carbocycles. The van der Waals surface area contributed by atoms with Crippen LogP contribution in [0.5, 0.6) is 0 Å². The highest BCUT2D eigenvalue weighted by molar-refractivity contribution is 7.15. The standard InChI is InChI=1S/C13H12F3NO3S/c1-4-19-12(18)9-10(13(14,15)16)17-11(20-9)8-5-6(2)7(3)21-8/h5H,4H2,1-3H3. The Balaban J connectivity index is 2.52. The molecule has 0 bridgehead atoms. The molecule has 0 aliphatic rings. The lowest BCUT2D eigenvalue weighted by molar-refractivity contribution is -0.141. The van der Waals surface area contributed by atoms with Crippen LogP contribution in [0.4, 0.5) is 13.2 Å². The maximum Gasteiger partial charge on any atom is 0.437 e. The summed E-state index contributed by atoms with van der Waals surface area (Å²) in [6, 6.07) is 1.67. The summed E-state index contributed by atoms with van der Waals surface area (Å²) in [5, 5.41) is 0. The van der Waals surface area contributed by atoms with Gasteiger partial charge in [-0.25, -0.2) is 9.78 Å². The molecule has 0 aromatic carbocycles. The minimum atomic E-state index is -4.79. The summed E-state index contributed by atoms with van der Waals surface area (Å²) >= 11 is 1.25. The van der Waals surface area contributed by atoms with Crippen molar-refractivity contribution in [3.63, 3.8) is 0 Å². The molecule has 2 heterocycles. The Morgan fingerprint density at radius 1 is 1.43 bits per heavy atom. The first-order valence-electron chi connectivity index (χ1n) is 6.06. The molecule has 2 aromatic rings. The summed E-state index contributed by atoms with van der Waals surface area (Å²) in [6.45, 7) is 5.11. The molecular formula is C13H12F3NO3S. The molecular weight excluding hydrogens is 307 g/mol. The highest BCUT2D eigenvalue weighted by Crippen LogP contribution is 2.37. The van der Waals surface area contributed by atoms with E-state index in [1.807, 2.05) is 13.8 Å². The molecule has 2 aromatic heterocycles. The number of nitrogens with zero attached hydrogens (tertiary/aromatic N) is 1. The van der Waals surface area contributed by atoms with Crippen molar-refractivity contribution in [1.82, 2.24) is 4.98 Å². The van der Waals surface area contributed by atoms with Crippen LogP contribution in [0.3, 0.4) is 0 Å². The van der Waals surface area contributed by atoms with E-state index in [2.05, 4.69) is 9.72 Å². The summed E-state index contributed by atoms with van der Waals surface area (Å²) in [7, 11) is 0. The summed E-state index contributed by atoms with van der Waals surface area (Å²) in [5.74, 6) is -2.32. The van der Waals surface area contributed by atoms with Gasteiger partial charge in [-0.05, 0) is 32.4 Å². The van der Waals surface area contributed by atoms with E-state index in [0.717, 1.165) is 10.4 Å². The minimum Gasteiger partial charge on any atom is -0.460 e. The van der Waals surface area contributed by atoms with Gasteiger partial charge < -0.3 is 9.15 Å². The van der Waals surface area contributed by atoms with Gasteiger partial charge in [0.15, 0.2) is 5.69 Å². The number of halogens is 3. The number of rotatable bonds is 3. The van der Waals surface area contributed by atoms with Gasteiger partial charge in [-0.2, -0.15) is 13.2 Å². The third kappa shape index (κ3) is 3.10. The van der Waals surface area contributed by atoms with Crippen LogP contribution in [-0.2, 0) is 10.9 Å². The molecule has 0 saturated heterocycles. The number of hydrogen-bond acceptors (Lipinski definition) is 5. The summed E-state index contributed by atoms with van der Waals surface area (Å²) in [5.41, 5.74) is -0.445. The fraction of sp³-hybridized carbons (Fsp3) is 0.385. The van der Waals surface area contributed by atoms with Gasteiger partial charge in [-0.15, -0.1) is 11.3 Å². The number of aryl methyl sites for hydroxylation is 2. The molecule has 0 radical (unpaired) electrons. The van der Waals surface area contributed by atoms with E-state index in [4.69, 9.17) is 4.42 Å². The van der Waals surface area contributed by atoms with Crippen molar-refractivity contribution in [2.24, 2.45) is 0 Å². The SMILES string of the molecule is CCOC(=O)c1oc(-c2cc(C)c(C)s2)nc1C(F)(F)F. The average Bonchev–Trinajstić information content (AvgIpc) is 2.94. The molecule has 0 saturated carbocycles. The molecule has 0 N–H and O–H groups in total. The largest absolute Gasteiger partial charge is 0.460 e. The Kier molecular flexibility index (Phi) is 4.08. The van der Waals surface area contributed by atoms with Crippen LogP contribution >= 0.6 is 11.3 Å². The second-order valence-electron chi connectivity index (χ2n) is 4.26. The Hall–Kier alpha value is -1.83. The van der Waals surface area contributed by atoms with Crippen LogP contribution in [0, 0.1) is 13.8 Å². The van der Waals surface area contributed by atoms with Crippen LogP contribution in [0.15, 0.2) is 10.5 Å². The van der Waals surface area contributed by atoms with Gasteiger partial charge in [0.05, 0.1) is 11.5 Å². The van der Waals surface area contributed by atoms with Crippen LogP contribution in [0.25, 0.3) is 10.8 Å². The molecule has 0 unspecified atom stereocenters. The second kappa shape index (κ2) is 5.51. The molecule has 114 valence electrons. The maximum absolute atomic E-state index is 12.9. The van der Waals surface area contributed by atoms with Crippen molar-refractivity contribution >= 4 is 17.3 Å². The van der Waals surface area contributed by atoms with Gasteiger partial charge in [0.1, 0.15) is 0 Å². The van der Waals surface area contributed by atoms with Gasteiger partial charge in [-0.1, -0.05) is 0 Å². The first-order chi connectivity index (χ1) is 9.74. The minimum absolute atomic E-state index is 0.0522. The number of oxazole rings is 1. The quantitative estimate of drug-likeness (QED) is 0.795. The van der Waals surface area contributed by atoms with Crippen LogP contribution < -0.4 is 0 Å². The van der Waals surface area contributed by atoms with Gasteiger partial charge in [0, 0.05) is 4.88 Å². The lowest BCUT2D eigenvalue weighted by atomic mass is 10.3. The van der Waals surface area contributed by atoms with Gasteiger partial charge >= 0.3 is 12.1 Å². The van der Waals surface area contributed by atoms with E-state index in [0.29, 0.717) is 4.88 Å². The number of ether oxygens (including phenoxy) is 1. The number of alkyl halides is 3. The maximum atomic E-state index is 12.9. The molecule has 2 rings (SSSR count). The number of hydrogen-bond donors (Lipinski definition) is 0. The zero-order chi connectivity index (χ0) is 15.8. The van der Waals surface area contributed by atoms with Crippen molar-refractivity contribution in [2.45, 2.75) is 26.9 Å². The third-order valence-corrected chi connectivity index (χ3v) is 3.87. The lowest BCUT2D eigenvalue weighted by Gasteiger charge is -2.03. The first-order valence-corrected chi connectivity index (χ1v) is 6.88. The van der Waals surface area contributed by atoms with Crippen molar-refractivity contribution in [3.05, 3.63) is 28.0 Å². The Bertz CT molecular complexity index is 653. The summed E-state index contributed by atoms with van der Waals surface area (Å²) in [6.07, 6.45) is -4.79. The molecule has 0 spiro atoms. The predicted molar refractivity (Wildman–Crippen MR) is 70.2 cm³/mol. The predicted octanol–water partition coefficient (Wildman–Crippen LogP) is 4.22. The Morgan fingerprint density at radius 2 is 2.10 bits per heavy atom. The highest BCUT2D eigenvalue weighted by atomic mass is 32.1. The van der Waals surface area contributed by atoms with E-state index < -0.39 is 23.6 Å². The molecule has 0 aliphatic heterocycles. The van der Waals surface area contributed by atoms with Gasteiger partial charge in [-0.3, -0.25) is 0 Å². The lowest BCUT2D eigenvalue weighted by Crippen LogP contribution is -2.14. The van der Waals surface area contributed by atoms with Gasteiger partial charge in [0.25, 0.3) is 0 Å². The van der Waals surface area contributed by atoms with E-state index >= 15 is 0 Å². The van der Waals surface area contributed by atoms with Crippen LogP contribution in [-0.4, -0.2) is 17.6 Å². The average molecular weight is 319 g/mol. The van der Waals surface area contributed by atoms with Crippen molar-refractivity contribution in [3.8, 4) is 10.8 Å². The molecule has 21 heavy (non-hydrogen) atoms. The fourth-order valence-corrected chi connectivity index (χ4v) is 2.59. The first kappa shape index (κ1) is 15.6. The molecule has 4 nitrogen and oxygen atoms in total.